The molecule has 1 atom stereocenters. The van der Waals surface area contributed by atoms with E-state index in [1.54, 1.807) is 18.7 Å². The van der Waals surface area contributed by atoms with E-state index in [-0.39, 0.29) is 11.9 Å². The zero-order valence-electron chi connectivity index (χ0n) is 19.6. The Morgan fingerprint density at radius 1 is 1.11 bits per heavy atom. The fraction of sp³-hybridized carbons (Fsp3) is 0.360. The summed E-state index contributed by atoms with van der Waals surface area (Å²) in [6.07, 6.45) is 7.35. The third-order valence-electron chi connectivity index (χ3n) is 6.04. The number of carbonyl (C=O) groups is 1. The normalized spacial score (nSPS) is 15.6. The molecule has 1 amide bonds. The maximum absolute atomic E-state index is 13.7. The van der Waals surface area contributed by atoms with Gasteiger partial charge in [0.2, 0.25) is 11.7 Å². The molecule has 10 nitrogen and oxygen atoms in total. The number of imidazole rings is 1. The molecule has 0 aromatic carbocycles. The number of rotatable bonds is 9. The quantitative estimate of drug-likeness (QED) is 0.341. The molecule has 10 heteroatoms. The van der Waals surface area contributed by atoms with Gasteiger partial charge in [-0.25, -0.2) is 4.98 Å². The van der Waals surface area contributed by atoms with E-state index >= 15 is 0 Å². The molecule has 1 fully saturated rings. The summed E-state index contributed by atoms with van der Waals surface area (Å²) in [5, 5.41) is 4.06. The molecule has 5 heterocycles. The monoisotopic (exact) mass is 473 g/mol. The maximum Gasteiger partial charge on any atom is 0.275 e. The number of likely N-dealkylation sites (tertiary alicyclic amines) is 1. The average molecular weight is 474 g/mol. The standard InChI is InChI=1S/C25H27N7O3/c1-2-34-15-14-31-17-28-22(23(31)19-9-3-5-11-26-19)25(33)32-13-7-8-18(32)16-21-29-24(30-35-21)20-10-4-6-12-27-20/h3-6,9-12,17-18H,2,7-8,13-16H2,1H3/t18-/m0/s1. The van der Waals surface area contributed by atoms with Crippen LogP contribution in [0.25, 0.3) is 22.9 Å². The first kappa shape index (κ1) is 22.9. The summed E-state index contributed by atoms with van der Waals surface area (Å²) in [6.45, 7) is 4.35. The number of hydrogen-bond donors (Lipinski definition) is 0. The van der Waals surface area contributed by atoms with Crippen molar-refractivity contribution in [2.75, 3.05) is 19.8 Å². The van der Waals surface area contributed by atoms with E-state index in [0.717, 1.165) is 12.8 Å². The molecule has 0 saturated carbocycles. The van der Waals surface area contributed by atoms with E-state index in [9.17, 15) is 4.79 Å². The SMILES string of the molecule is CCOCCn1cnc(C(=O)N2CCC[C@H]2Cc2nc(-c3ccccn3)no2)c1-c1ccccn1. The van der Waals surface area contributed by atoms with Crippen LogP contribution in [-0.4, -0.2) is 66.3 Å². The Hall–Kier alpha value is -3.92. The molecule has 0 bridgehead atoms. The molecule has 1 aliphatic heterocycles. The first-order chi connectivity index (χ1) is 17.2. The van der Waals surface area contributed by atoms with Gasteiger partial charge in [-0.15, -0.1) is 0 Å². The predicted octanol–water partition coefficient (Wildman–Crippen LogP) is 3.27. The van der Waals surface area contributed by atoms with Crippen LogP contribution in [-0.2, 0) is 17.7 Å². The number of nitrogens with zero attached hydrogens (tertiary/aromatic N) is 7. The van der Waals surface area contributed by atoms with Crippen molar-refractivity contribution in [3.05, 3.63) is 66.7 Å². The molecule has 0 N–H and O–H groups in total. The van der Waals surface area contributed by atoms with Crippen LogP contribution in [0.15, 0.2) is 59.6 Å². The van der Waals surface area contributed by atoms with Gasteiger partial charge in [-0.05, 0) is 44.0 Å². The van der Waals surface area contributed by atoms with E-state index in [1.165, 1.54) is 0 Å². The van der Waals surface area contributed by atoms with Crippen LogP contribution in [0.2, 0.25) is 0 Å². The van der Waals surface area contributed by atoms with Crippen LogP contribution in [0.5, 0.6) is 0 Å². The minimum absolute atomic E-state index is 0.0512. The van der Waals surface area contributed by atoms with E-state index in [0.29, 0.717) is 67.2 Å². The molecule has 0 aliphatic carbocycles. The molecule has 4 aromatic heterocycles. The van der Waals surface area contributed by atoms with Crippen molar-refractivity contribution in [2.45, 2.75) is 38.8 Å². The Labute approximate surface area is 203 Å². The molecular weight excluding hydrogens is 446 g/mol. The van der Waals surface area contributed by atoms with Gasteiger partial charge in [-0.1, -0.05) is 17.3 Å². The Morgan fingerprint density at radius 3 is 2.66 bits per heavy atom. The topological polar surface area (TPSA) is 112 Å². The van der Waals surface area contributed by atoms with Crippen molar-refractivity contribution in [3.63, 3.8) is 0 Å². The largest absolute Gasteiger partial charge is 0.380 e. The van der Waals surface area contributed by atoms with Crippen molar-refractivity contribution in [1.82, 2.24) is 34.6 Å². The number of pyridine rings is 2. The van der Waals surface area contributed by atoms with Gasteiger partial charge in [0, 0.05) is 44.6 Å². The minimum Gasteiger partial charge on any atom is -0.380 e. The fourth-order valence-electron chi connectivity index (χ4n) is 4.38. The molecule has 0 unspecified atom stereocenters. The number of ether oxygens (including phenoxy) is 1. The Bertz CT molecular complexity index is 1260. The summed E-state index contributed by atoms with van der Waals surface area (Å²) in [5.74, 6) is 0.817. The van der Waals surface area contributed by atoms with Gasteiger partial charge in [0.15, 0.2) is 5.69 Å². The smallest absolute Gasteiger partial charge is 0.275 e. The van der Waals surface area contributed by atoms with Gasteiger partial charge in [0.1, 0.15) is 5.69 Å². The fourth-order valence-corrected chi connectivity index (χ4v) is 4.38. The summed E-state index contributed by atoms with van der Waals surface area (Å²) >= 11 is 0. The van der Waals surface area contributed by atoms with Gasteiger partial charge < -0.3 is 18.7 Å². The van der Waals surface area contributed by atoms with Crippen molar-refractivity contribution in [2.24, 2.45) is 0 Å². The highest BCUT2D eigenvalue weighted by Gasteiger charge is 2.34. The molecule has 5 rings (SSSR count). The number of hydrogen-bond acceptors (Lipinski definition) is 8. The highest BCUT2D eigenvalue weighted by atomic mass is 16.5. The van der Waals surface area contributed by atoms with Gasteiger partial charge in [0.25, 0.3) is 5.91 Å². The van der Waals surface area contributed by atoms with Crippen LogP contribution in [0.3, 0.4) is 0 Å². The van der Waals surface area contributed by atoms with Crippen molar-refractivity contribution < 1.29 is 14.1 Å². The lowest BCUT2D eigenvalue weighted by molar-refractivity contribution is 0.0726. The Morgan fingerprint density at radius 2 is 1.91 bits per heavy atom. The summed E-state index contributed by atoms with van der Waals surface area (Å²) in [6, 6.07) is 11.2. The lowest BCUT2D eigenvalue weighted by Gasteiger charge is -2.23. The maximum atomic E-state index is 13.7. The molecule has 1 saturated heterocycles. The van der Waals surface area contributed by atoms with Crippen molar-refractivity contribution >= 4 is 5.91 Å². The lowest BCUT2D eigenvalue weighted by atomic mass is 10.1. The zero-order chi connectivity index (χ0) is 24.0. The number of aromatic nitrogens is 6. The average Bonchev–Trinajstić information content (AvgIpc) is 3.65. The van der Waals surface area contributed by atoms with Gasteiger partial charge in [-0.2, -0.15) is 4.98 Å². The first-order valence-electron chi connectivity index (χ1n) is 11.8. The van der Waals surface area contributed by atoms with Crippen LogP contribution in [0.4, 0.5) is 0 Å². The second-order valence-corrected chi connectivity index (χ2v) is 8.27. The van der Waals surface area contributed by atoms with E-state index in [2.05, 4.69) is 25.1 Å². The molecule has 4 aromatic rings. The summed E-state index contributed by atoms with van der Waals surface area (Å²) < 4.78 is 12.9. The Balaban J connectivity index is 1.37. The molecule has 0 spiro atoms. The van der Waals surface area contributed by atoms with Gasteiger partial charge in [0.05, 0.1) is 24.3 Å². The van der Waals surface area contributed by atoms with Crippen molar-refractivity contribution in [3.8, 4) is 22.9 Å². The highest BCUT2D eigenvalue weighted by Crippen LogP contribution is 2.28. The van der Waals surface area contributed by atoms with Crippen molar-refractivity contribution in [1.29, 1.82) is 0 Å². The minimum atomic E-state index is -0.118. The van der Waals surface area contributed by atoms with Crippen LogP contribution in [0, 0.1) is 0 Å². The van der Waals surface area contributed by atoms with E-state index in [1.807, 2.05) is 52.8 Å². The molecule has 1 aliphatic rings. The predicted molar refractivity (Wildman–Crippen MR) is 127 cm³/mol. The van der Waals surface area contributed by atoms with Gasteiger partial charge >= 0.3 is 0 Å². The Kier molecular flexibility index (Phi) is 6.89. The van der Waals surface area contributed by atoms with E-state index in [4.69, 9.17) is 9.26 Å². The van der Waals surface area contributed by atoms with Gasteiger partial charge in [-0.3, -0.25) is 14.8 Å². The molecule has 35 heavy (non-hydrogen) atoms. The highest BCUT2D eigenvalue weighted by molar-refractivity contribution is 5.98. The summed E-state index contributed by atoms with van der Waals surface area (Å²) in [5.41, 5.74) is 2.46. The second kappa shape index (κ2) is 10.6. The zero-order valence-corrected chi connectivity index (χ0v) is 19.6. The van der Waals surface area contributed by atoms with Crippen LogP contribution in [0.1, 0.15) is 36.1 Å². The lowest BCUT2D eigenvalue weighted by Crippen LogP contribution is -2.37. The molecule has 0 radical (unpaired) electrons. The molecule has 180 valence electrons. The summed E-state index contributed by atoms with van der Waals surface area (Å²) in [4.78, 5) is 33.4. The van der Waals surface area contributed by atoms with Crippen LogP contribution >= 0.6 is 0 Å². The van der Waals surface area contributed by atoms with Crippen LogP contribution < -0.4 is 0 Å². The summed E-state index contributed by atoms with van der Waals surface area (Å²) in [7, 11) is 0. The first-order valence-corrected chi connectivity index (χ1v) is 11.8. The number of amides is 1. The second-order valence-electron chi connectivity index (χ2n) is 8.27. The molecular formula is C25H27N7O3. The third kappa shape index (κ3) is 4.97. The third-order valence-corrected chi connectivity index (χ3v) is 6.04. The number of carbonyl (C=O) groups excluding carboxylic acids is 1. The van der Waals surface area contributed by atoms with E-state index < -0.39 is 0 Å².